The number of hydrogen-bond donors (Lipinski definition) is 2. The zero-order chi connectivity index (χ0) is 12.2. The SMILES string of the molecule is CC(C)(C)NC(=O)CNCC1(C)CCCO1. The first-order chi connectivity index (χ1) is 7.31. The van der Waals surface area contributed by atoms with E-state index < -0.39 is 0 Å². The van der Waals surface area contributed by atoms with Gasteiger partial charge in [-0.1, -0.05) is 0 Å². The lowest BCUT2D eigenvalue weighted by Crippen LogP contribution is -2.47. The van der Waals surface area contributed by atoms with Crippen LogP contribution in [0.25, 0.3) is 0 Å². The molecule has 94 valence electrons. The molecule has 1 aliphatic heterocycles. The molecule has 0 radical (unpaired) electrons. The Hall–Kier alpha value is -0.610. The molecule has 1 aliphatic rings. The molecule has 0 spiro atoms. The average Bonchev–Trinajstić information content (AvgIpc) is 2.49. The van der Waals surface area contributed by atoms with E-state index in [4.69, 9.17) is 4.74 Å². The Morgan fingerprint density at radius 2 is 2.12 bits per heavy atom. The predicted octanol–water partition coefficient (Wildman–Crippen LogP) is 1.06. The number of nitrogens with one attached hydrogen (secondary N) is 2. The Morgan fingerprint density at radius 3 is 2.62 bits per heavy atom. The summed E-state index contributed by atoms with van der Waals surface area (Å²) in [7, 11) is 0. The molecule has 1 amide bonds. The summed E-state index contributed by atoms with van der Waals surface area (Å²) in [5, 5.41) is 6.07. The van der Waals surface area contributed by atoms with E-state index in [-0.39, 0.29) is 17.0 Å². The molecule has 1 heterocycles. The summed E-state index contributed by atoms with van der Waals surface area (Å²) in [5.41, 5.74) is -0.242. The smallest absolute Gasteiger partial charge is 0.234 e. The largest absolute Gasteiger partial charge is 0.374 e. The third-order valence-electron chi connectivity index (χ3n) is 2.60. The van der Waals surface area contributed by atoms with Crippen LogP contribution < -0.4 is 10.6 Å². The highest BCUT2D eigenvalue weighted by Crippen LogP contribution is 2.23. The number of ether oxygens (including phenoxy) is 1. The van der Waals surface area contributed by atoms with E-state index >= 15 is 0 Å². The van der Waals surface area contributed by atoms with Crippen molar-refractivity contribution in [1.82, 2.24) is 10.6 Å². The second-order valence-electron chi connectivity index (χ2n) is 5.80. The van der Waals surface area contributed by atoms with Gasteiger partial charge in [0.05, 0.1) is 12.1 Å². The molecule has 4 nitrogen and oxygen atoms in total. The highest BCUT2D eigenvalue weighted by Gasteiger charge is 2.29. The minimum absolute atomic E-state index is 0.0362. The minimum atomic E-state index is -0.160. The first-order valence-electron chi connectivity index (χ1n) is 5.96. The molecule has 0 bridgehead atoms. The fourth-order valence-electron chi connectivity index (χ4n) is 1.88. The van der Waals surface area contributed by atoms with Gasteiger partial charge in [-0.3, -0.25) is 4.79 Å². The van der Waals surface area contributed by atoms with Crippen LogP contribution in [0.3, 0.4) is 0 Å². The summed E-state index contributed by atoms with van der Waals surface area (Å²) in [6.45, 7) is 9.96. The van der Waals surface area contributed by atoms with Crippen molar-refractivity contribution in [3.05, 3.63) is 0 Å². The normalized spacial score (nSPS) is 25.8. The average molecular weight is 228 g/mol. The molecule has 0 aromatic rings. The van der Waals surface area contributed by atoms with Crippen molar-refractivity contribution >= 4 is 5.91 Å². The summed E-state index contributed by atoms with van der Waals surface area (Å²) >= 11 is 0. The molecule has 1 saturated heterocycles. The summed E-state index contributed by atoms with van der Waals surface area (Å²) in [4.78, 5) is 11.5. The maximum atomic E-state index is 11.5. The van der Waals surface area contributed by atoms with Gasteiger partial charge in [0.25, 0.3) is 0 Å². The van der Waals surface area contributed by atoms with Gasteiger partial charge in [-0.15, -0.1) is 0 Å². The number of hydrogen-bond acceptors (Lipinski definition) is 3. The molecule has 4 heteroatoms. The van der Waals surface area contributed by atoms with Crippen LogP contribution in [0, 0.1) is 0 Å². The molecule has 1 atom stereocenters. The van der Waals surface area contributed by atoms with Gasteiger partial charge >= 0.3 is 0 Å². The predicted molar refractivity (Wildman–Crippen MR) is 64.4 cm³/mol. The number of amides is 1. The lowest BCUT2D eigenvalue weighted by Gasteiger charge is -2.24. The lowest BCUT2D eigenvalue weighted by molar-refractivity contribution is -0.121. The van der Waals surface area contributed by atoms with Gasteiger partial charge in [-0.2, -0.15) is 0 Å². The highest BCUT2D eigenvalue weighted by molar-refractivity contribution is 5.78. The molecular weight excluding hydrogens is 204 g/mol. The fourth-order valence-corrected chi connectivity index (χ4v) is 1.88. The van der Waals surface area contributed by atoms with Crippen LogP contribution in [0.1, 0.15) is 40.5 Å². The van der Waals surface area contributed by atoms with Gasteiger partial charge in [0.1, 0.15) is 0 Å². The zero-order valence-corrected chi connectivity index (χ0v) is 10.9. The topological polar surface area (TPSA) is 50.4 Å². The molecule has 1 fully saturated rings. The quantitative estimate of drug-likeness (QED) is 0.756. The van der Waals surface area contributed by atoms with Crippen molar-refractivity contribution in [3.8, 4) is 0 Å². The van der Waals surface area contributed by atoms with Gasteiger partial charge in [-0.05, 0) is 40.5 Å². The van der Waals surface area contributed by atoms with Crippen LogP contribution in [0.4, 0.5) is 0 Å². The molecule has 0 aromatic heterocycles. The van der Waals surface area contributed by atoms with Crippen molar-refractivity contribution in [2.45, 2.75) is 51.7 Å². The summed E-state index contributed by atoms with van der Waals surface area (Å²) in [5.74, 6) is 0.0362. The third-order valence-corrected chi connectivity index (χ3v) is 2.60. The van der Waals surface area contributed by atoms with E-state index in [1.54, 1.807) is 0 Å². The van der Waals surface area contributed by atoms with Gasteiger partial charge in [-0.25, -0.2) is 0 Å². The lowest BCUT2D eigenvalue weighted by atomic mass is 10.0. The Kier molecular flexibility index (Phi) is 4.33. The van der Waals surface area contributed by atoms with Crippen LogP contribution in [0.5, 0.6) is 0 Å². The summed E-state index contributed by atoms with van der Waals surface area (Å²) in [6, 6.07) is 0. The van der Waals surface area contributed by atoms with Crippen molar-refractivity contribution < 1.29 is 9.53 Å². The fraction of sp³-hybridized carbons (Fsp3) is 0.917. The van der Waals surface area contributed by atoms with Crippen LogP contribution >= 0.6 is 0 Å². The Labute approximate surface area is 98.1 Å². The van der Waals surface area contributed by atoms with Crippen molar-refractivity contribution in [1.29, 1.82) is 0 Å². The van der Waals surface area contributed by atoms with Gasteiger partial charge in [0.2, 0.25) is 5.91 Å². The molecule has 0 aromatic carbocycles. The van der Waals surface area contributed by atoms with E-state index in [2.05, 4.69) is 17.6 Å². The molecule has 0 saturated carbocycles. The van der Waals surface area contributed by atoms with Crippen LogP contribution in [0.15, 0.2) is 0 Å². The molecule has 16 heavy (non-hydrogen) atoms. The second-order valence-corrected chi connectivity index (χ2v) is 5.80. The van der Waals surface area contributed by atoms with E-state index in [0.29, 0.717) is 6.54 Å². The maximum absolute atomic E-state index is 11.5. The van der Waals surface area contributed by atoms with Gasteiger partial charge < -0.3 is 15.4 Å². The van der Waals surface area contributed by atoms with Crippen LogP contribution in [-0.2, 0) is 9.53 Å². The summed E-state index contributed by atoms with van der Waals surface area (Å²) < 4.78 is 5.63. The molecule has 2 N–H and O–H groups in total. The number of carbonyl (C=O) groups excluding carboxylic acids is 1. The van der Waals surface area contributed by atoms with Crippen LogP contribution in [-0.4, -0.2) is 36.7 Å². The first kappa shape index (κ1) is 13.5. The van der Waals surface area contributed by atoms with E-state index in [0.717, 1.165) is 26.0 Å². The van der Waals surface area contributed by atoms with Crippen molar-refractivity contribution in [2.75, 3.05) is 19.7 Å². The second kappa shape index (κ2) is 5.15. The van der Waals surface area contributed by atoms with Crippen molar-refractivity contribution in [2.24, 2.45) is 0 Å². The standard InChI is InChI=1S/C12H24N2O2/c1-11(2,3)14-10(15)8-13-9-12(4)6-5-7-16-12/h13H,5-9H2,1-4H3,(H,14,15). The molecule has 0 aliphatic carbocycles. The monoisotopic (exact) mass is 228 g/mol. The van der Waals surface area contributed by atoms with E-state index in [1.807, 2.05) is 20.8 Å². The molecule has 1 rings (SSSR count). The zero-order valence-electron chi connectivity index (χ0n) is 10.9. The minimum Gasteiger partial charge on any atom is -0.374 e. The van der Waals surface area contributed by atoms with Crippen molar-refractivity contribution in [3.63, 3.8) is 0 Å². The molecular formula is C12H24N2O2. The molecule has 1 unspecified atom stereocenters. The van der Waals surface area contributed by atoms with E-state index in [1.165, 1.54) is 0 Å². The van der Waals surface area contributed by atoms with Gasteiger partial charge in [0, 0.05) is 18.7 Å². The maximum Gasteiger partial charge on any atom is 0.234 e. The number of carbonyl (C=O) groups is 1. The highest BCUT2D eigenvalue weighted by atomic mass is 16.5. The Morgan fingerprint density at radius 1 is 1.44 bits per heavy atom. The van der Waals surface area contributed by atoms with E-state index in [9.17, 15) is 4.79 Å². The first-order valence-corrected chi connectivity index (χ1v) is 5.96. The third kappa shape index (κ3) is 4.94. The number of rotatable bonds is 4. The Bertz CT molecular complexity index is 240. The summed E-state index contributed by atoms with van der Waals surface area (Å²) in [6.07, 6.45) is 2.19. The Balaban J connectivity index is 2.18. The van der Waals surface area contributed by atoms with Crippen LogP contribution in [0.2, 0.25) is 0 Å². The van der Waals surface area contributed by atoms with Gasteiger partial charge in [0.15, 0.2) is 0 Å².